The summed E-state index contributed by atoms with van der Waals surface area (Å²) in [4.78, 5) is 15.3. The standard InChI is InChI=1S/C21H20N2O2/c1-15-17(9-6-10-19(15)16-7-4-3-5-8-16)13-22-20-12-11-18(14-24)21(23-20)25-2/h3-12,14H,13H2,1-2H3,(H,22,23). The highest BCUT2D eigenvalue weighted by Crippen LogP contribution is 2.26. The first kappa shape index (κ1) is 16.7. The van der Waals surface area contributed by atoms with Crippen LogP contribution in [0.15, 0.2) is 60.7 Å². The Morgan fingerprint density at radius 1 is 1.04 bits per heavy atom. The van der Waals surface area contributed by atoms with Crippen molar-refractivity contribution in [1.29, 1.82) is 0 Å². The first-order chi connectivity index (χ1) is 12.2. The number of aromatic nitrogens is 1. The number of pyridine rings is 1. The summed E-state index contributed by atoms with van der Waals surface area (Å²) >= 11 is 0. The Balaban J connectivity index is 1.81. The van der Waals surface area contributed by atoms with Gasteiger partial charge in [-0.25, -0.2) is 0 Å². The van der Waals surface area contributed by atoms with Gasteiger partial charge in [0.2, 0.25) is 5.88 Å². The van der Waals surface area contributed by atoms with E-state index in [4.69, 9.17) is 4.74 Å². The largest absolute Gasteiger partial charge is 0.480 e. The normalized spacial score (nSPS) is 10.3. The number of hydrogen-bond donors (Lipinski definition) is 1. The van der Waals surface area contributed by atoms with Crippen molar-refractivity contribution in [3.05, 3.63) is 77.4 Å². The molecule has 1 N–H and O–H groups in total. The SMILES string of the molecule is COc1nc(NCc2cccc(-c3ccccc3)c2C)ccc1C=O. The number of methoxy groups -OCH3 is 1. The molecule has 0 spiro atoms. The average Bonchev–Trinajstić information content (AvgIpc) is 2.67. The maximum atomic E-state index is 11.0. The summed E-state index contributed by atoms with van der Waals surface area (Å²) in [7, 11) is 1.51. The summed E-state index contributed by atoms with van der Waals surface area (Å²) in [5, 5.41) is 3.30. The van der Waals surface area contributed by atoms with Gasteiger partial charge in [-0.15, -0.1) is 0 Å². The summed E-state index contributed by atoms with van der Waals surface area (Å²) in [6.45, 7) is 2.77. The van der Waals surface area contributed by atoms with Crippen LogP contribution in [0.4, 0.5) is 5.82 Å². The zero-order valence-electron chi connectivity index (χ0n) is 14.3. The van der Waals surface area contributed by atoms with Crippen molar-refractivity contribution < 1.29 is 9.53 Å². The van der Waals surface area contributed by atoms with Crippen LogP contribution >= 0.6 is 0 Å². The van der Waals surface area contributed by atoms with Gasteiger partial charge in [-0.05, 0) is 41.3 Å². The molecule has 0 saturated heterocycles. The highest BCUT2D eigenvalue weighted by atomic mass is 16.5. The van der Waals surface area contributed by atoms with E-state index in [-0.39, 0.29) is 0 Å². The summed E-state index contributed by atoms with van der Waals surface area (Å²) in [5.41, 5.74) is 5.30. The fourth-order valence-electron chi connectivity index (χ4n) is 2.79. The molecule has 0 fully saturated rings. The summed E-state index contributed by atoms with van der Waals surface area (Å²) in [5.74, 6) is 1.00. The molecule has 25 heavy (non-hydrogen) atoms. The maximum Gasteiger partial charge on any atom is 0.225 e. The molecule has 0 atom stereocenters. The second-order valence-electron chi connectivity index (χ2n) is 5.72. The number of hydrogen-bond acceptors (Lipinski definition) is 4. The monoisotopic (exact) mass is 332 g/mol. The lowest BCUT2D eigenvalue weighted by atomic mass is 9.96. The third-order valence-corrected chi connectivity index (χ3v) is 4.20. The van der Waals surface area contributed by atoms with E-state index in [1.807, 2.05) is 18.2 Å². The van der Waals surface area contributed by atoms with E-state index < -0.39 is 0 Å². The topological polar surface area (TPSA) is 51.2 Å². The third kappa shape index (κ3) is 3.69. The van der Waals surface area contributed by atoms with Crippen LogP contribution in [0.1, 0.15) is 21.5 Å². The molecule has 0 amide bonds. The zero-order valence-corrected chi connectivity index (χ0v) is 14.3. The van der Waals surface area contributed by atoms with Gasteiger partial charge < -0.3 is 10.1 Å². The number of carbonyl (C=O) groups excluding carboxylic acids is 1. The average molecular weight is 332 g/mol. The van der Waals surface area contributed by atoms with Crippen LogP contribution in [0.5, 0.6) is 5.88 Å². The van der Waals surface area contributed by atoms with E-state index in [1.165, 1.54) is 29.4 Å². The van der Waals surface area contributed by atoms with Gasteiger partial charge in [0.15, 0.2) is 6.29 Å². The molecule has 4 nitrogen and oxygen atoms in total. The zero-order chi connectivity index (χ0) is 17.6. The van der Waals surface area contributed by atoms with Crippen molar-refractivity contribution in [1.82, 2.24) is 4.98 Å². The Hall–Kier alpha value is -3.14. The molecule has 0 unspecified atom stereocenters. The second kappa shape index (κ2) is 7.62. The molecule has 0 bridgehead atoms. The van der Waals surface area contributed by atoms with Crippen molar-refractivity contribution in [2.24, 2.45) is 0 Å². The molecule has 0 aliphatic heterocycles. The number of anilines is 1. The van der Waals surface area contributed by atoms with Crippen LogP contribution in [0.25, 0.3) is 11.1 Å². The van der Waals surface area contributed by atoms with Gasteiger partial charge in [-0.2, -0.15) is 4.98 Å². The fraction of sp³-hybridized carbons (Fsp3) is 0.143. The number of rotatable bonds is 6. The molecular weight excluding hydrogens is 312 g/mol. The van der Waals surface area contributed by atoms with E-state index in [0.29, 0.717) is 23.8 Å². The summed E-state index contributed by atoms with van der Waals surface area (Å²) in [6, 6.07) is 20.1. The van der Waals surface area contributed by atoms with E-state index >= 15 is 0 Å². The van der Waals surface area contributed by atoms with Crippen molar-refractivity contribution in [2.75, 3.05) is 12.4 Å². The van der Waals surface area contributed by atoms with Gasteiger partial charge in [0.1, 0.15) is 5.82 Å². The van der Waals surface area contributed by atoms with Crippen molar-refractivity contribution >= 4 is 12.1 Å². The highest BCUT2D eigenvalue weighted by Gasteiger charge is 2.08. The molecule has 3 rings (SSSR count). The lowest BCUT2D eigenvalue weighted by molar-refractivity contribution is 0.112. The molecule has 2 aromatic carbocycles. The van der Waals surface area contributed by atoms with Crippen LogP contribution < -0.4 is 10.1 Å². The minimum absolute atomic E-state index is 0.328. The Morgan fingerprint density at radius 2 is 1.84 bits per heavy atom. The highest BCUT2D eigenvalue weighted by molar-refractivity contribution is 5.78. The Labute approximate surface area is 147 Å². The Morgan fingerprint density at radius 3 is 2.56 bits per heavy atom. The lowest BCUT2D eigenvalue weighted by Crippen LogP contribution is -2.05. The molecule has 126 valence electrons. The Bertz CT molecular complexity index is 876. The predicted molar refractivity (Wildman–Crippen MR) is 100 cm³/mol. The van der Waals surface area contributed by atoms with E-state index in [2.05, 4.69) is 47.6 Å². The number of nitrogens with one attached hydrogen (secondary N) is 1. The van der Waals surface area contributed by atoms with Crippen LogP contribution in [0.2, 0.25) is 0 Å². The molecular formula is C21H20N2O2. The quantitative estimate of drug-likeness (QED) is 0.676. The van der Waals surface area contributed by atoms with Gasteiger partial charge in [-0.1, -0.05) is 48.5 Å². The minimum Gasteiger partial charge on any atom is -0.480 e. The molecule has 0 saturated carbocycles. The lowest BCUT2D eigenvalue weighted by Gasteiger charge is -2.13. The Kier molecular flexibility index (Phi) is 5.09. The fourth-order valence-corrected chi connectivity index (χ4v) is 2.79. The minimum atomic E-state index is 0.328. The smallest absolute Gasteiger partial charge is 0.225 e. The summed E-state index contributed by atoms with van der Waals surface area (Å²) < 4.78 is 5.15. The number of carbonyl (C=O) groups is 1. The molecule has 1 aromatic heterocycles. The van der Waals surface area contributed by atoms with Crippen LogP contribution in [0.3, 0.4) is 0 Å². The maximum absolute atomic E-state index is 11.0. The van der Waals surface area contributed by atoms with Gasteiger partial charge in [-0.3, -0.25) is 4.79 Å². The van der Waals surface area contributed by atoms with Crippen LogP contribution in [-0.4, -0.2) is 18.4 Å². The van der Waals surface area contributed by atoms with E-state index in [0.717, 1.165) is 6.29 Å². The third-order valence-electron chi connectivity index (χ3n) is 4.20. The number of aldehydes is 1. The van der Waals surface area contributed by atoms with Crippen molar-refractivity contribution in [2.45, 2.75) is 13.5 Å². The van der Waals surface area contributed by atoms with Crippen molar-refractivity contribution in [3.63, 3.8) is 0 Å². The molecule has 4 heteroatoms. The van der Waals surface area contributed by atoms with E-state index in [9.17, 15) is 4.79 Å². The van der Waals surface area contributed by atoms with Gasteiger partial charge in [0, 0.05) is 6.54 Å². The second-order valence-corrected chi connectivity index (χ2v) is 5.72. The van der Waals surface area contributed by atoms with Gasteiger partial charge in [0.25, 0.3) is 0 Å². The summed E-state index contributed by atoms with van der Waals surface area (Å²) in [6.07, 6.45) is 0.739. The number of nitrogens with zero attached hydrogens (tertiary/aromatic N) is 1. The number of ether oxygens (including phenoxy) is 1. The predicted octanol–water partition coefficient (Wildman–Crippen LogP) is 4.49. The van der Waals surface area contributed by atoms with Gasteiger partial charge >= 0.3 is 0 Å². The first-order valence-electron chi connectivity index (χ1n) is 8.11. The molecule has 1 heterocycles. The molecule has 3 aromatic rings. The van der Waals surface area contributed by atoms with Gasteiger partial charge in [0.05, 0.1) is 12.7 Å². The molecule has 0 aliphatic carbocycles. The van der Waals surface area contributed by atoms with Crippen LogP contribution in [0, 0.1) is 6.92 Å². The number of benzene rings is 2. The van der Waals surface area contributed by atoms with Crippen molar-refractivity contribution in [3.8, 4) is 17.0 Å². The van der Waals surface area contributed by atoms with E-state index in [1.54, 1.807) is 12.1 Å². The molecule has 0 radical (unpaired) electrons. The molecule has 0 aliphatic rings. The first-order valence-corrected chi connectivity index (χ1v) is 8.11. The van der Waals surface area contributed by atoms with Crippen LogP contribution in [-0.2, 0) is 6.54 Å².